The van der Waals surface area contributed by atoms with Gasteiger partial charge in [0.15, 0.2) is 0 Å². The standard InChI is InChI=1S/C18H25F2N3O2/c1-11-6-7-23-15(18(19,20)9-11)13-10-22(12(2)8-14(13)21-23)16(24)25-17(3,4)5/h12H,1,6-10H2,2-5H3/t12-/m1/s1. The van der Waals surface area contributed by atoms with Crippen LogP contribution in [0.5, 0.6) is 0 Å². The van der Waals surface area contributed by atoms with Gasteiger partial charge in [0.1, 0.15) is 11.3 Å². The number of hydrogen-bond acceptors (Lipinski definition) is 3. The summed E-state index contributed by atoms with van der Waals surface area (Å²) in [5, 5.41) is 4.42. The summed E-state index contributed by atoms with van der Waals surface area (Å²) in [6.07, 6.45) is 0.0969. The second kappa shape index (κ2) is 5.81. The summed E-state index contributed by atoms with van der Waals surface area (Å²) >= 11 is 0. The molecule has 2 aliphatic heterocycles. The van der Waals surface area contributed by atoms with Crippen molar-refractivity contribution < 1.29 is 18.3 Å². The summed E-state index contributed by atoms with van der Waals surface area (Å²) < 4.78 is 36.4. The van der Waals surface area contributed by atoms with Gasteiger partial charge in [0.2, 0.25) is 0 Å². The van der Waals surface area contributed by atoms with Crippen LogP contribution in [0.25, 0.3) is 0 Å². The quantitative estimate of drug-likeness (QED) is 0.662. The minimum Gasteiger partial charge on any atom is -0.444 e. The first kappa shape index (κ1) is 17.9. The number of alkyl halides is 2. The van der Waals surface area contributed by atoms with Crippen molar-refractivity contribution in [2.24, 2.45) is 0 Å². The third-order valence-electron chi connectivity index (χ3n) is 4.61. The van der Waals surface area contributed by atoms with Crippen molar-refractivity contribution in [1.82, 2.24) is 14.7 Å². The molecule has 1 aromatic rings. The van der Waals surface area contributed by atoms with Gasteiger partial charge in [0.25, 0.3) is 5.92 Å². The number of allylic oxidation sites excluding steroid dienone is 1. The summed E-state index contributed by atoms with van der Waals surface area (Å²) in [5.41, 5.74) is 0.950. The van der Waals surface area contributed by atoms with Crippen molar-refractivity contribution in [3.63, 3.8) is 0 Å². The number of amides is 1. The first-order chi connectivity index (χ1) is 11.5. The summed E-state index contributed by atoms with van der Waals surface area (Å²) in [4.78, 5) is 14.0. The van der Waals surface area contributed by atoms with Crippen LogP contribution in [-0.2, 0) is 30.2 Å². The monoisotopic (exact) mass is 353 g/mol. The first-order valence-electron chi connectivity index (χ1n) is 8.61. The molecule has 0 saturated heterocycles. The Balaban J connectivity index is 1.96. The molecular weight excluding hydrogens is 328 g/mol. The van der Waals surface area contributed by atoms with Gasteiger partial charge in [-0.2, -0.15) is 13.9 Å². The summed E-state index contributed by atoms with van der Waals surface area (Å²) in [5.74, 6) is -3.02. The molecular formula is C18H25F2N3O2. The van der Waals surface area contributed by atoms with Gasteiger partial charge < -0.3 is 9.64 Å². The fraction of sp³-hybridized carbons (Fsp3) is 0.667. The number of ether oxygens (including phenoxy) is 1. The maximum atomic E-state index is 14.8. The summed E-state index contributed by atoms with van der Waals surface area (Å²) in [6, 6.07) is -0.148. The van der Waals surface area contributed by atoms with Crippen molar-refractivity contribution in [3.05, 3.63) is 29.1 Å². The molecule has 0 N–H and O–H groups in total. The molecule has 0 aromatic carbocycles. The third-order valence-corrected chi connectivity index (χ3v) is 4.61. The average Bonchev–Trinajstić information content (AvgIpc) is 2.74. The van der Waals surface area contributed by atoms with Crippen molar-refractivity contribution in [1.29, 1.82) is 0 Å². The number of fused-ring (bicyclic) bond motifs is 3. The fourth-order valence-corrected chi connectivity index (χ4v) is 3.48. The Morgan fingerprint density at radius 1 is 1.40 bits per heavy atom. The second-order valence-electron chi connectivity index (χ2n) is 8.04. The van der Waals surface area contributed by atoms with Crippen molar-refractivity contribution in [2.75, 3.05) is 0 Å². The summed E-state index contributed by atoms with van der Waals surface area (Å²) in [6.45, 7) is 11.5. The van der Waals surface area contributed by atoms with Crippen molar-refractivity contribution in [2.45, 2.75) is 77.6 Å². The molecule has 5 nitrogen and oxygen atoms in total. The molecule has 0 unspecified atom stereocenters. The molecule has 0 bridgehead atoms. The van der Waals surface area contributed by atoms with E-state index in [-0.39, 0.29) is 24.7 Å². The number of nitrogens with zero attached hydrogens (tertiary/aromatic N) is 3. The molecule has 0 radical (unpaired) electrons. The number of carbonyl (C=O) groups excluding carboxylic acids is 1. The van der Waals surface area contributed by atoms with E-state index in [4.69, 9.17) is 4.74 Å². The van der Waals surface area contributed by atoms with Gasteiger partial charge >= 0.3 is 6.09 Å². The van der Waals surface area contributed by atoms with Gasteiger partial charge in [0, 0.05) is 31.0 Å². The number of hydrogen-bond donors (Lipinski definition) is 0. The zero-order valence-electron chi connectivity index (χ0n) is 15.2. The van der Waals surface area contributed by atoms with Gasteiger partial charge in [-0.3, -0.25) is 4.68 Å². The highest BCUT2D eigenvalue weighted by Crippen LogP contribution is 2.42. The Morgan fingerprint density at radius 2 is 2.08 bits per heavy atom. The van der Waals surface area contributed by atoms with E-state index in [2.05, 4.69) is 11.7 Å². The lowest BCUT2D eigenvalue weighted by molar-refractivity contribution is -0.0130. The molecule has 7 heteroatoms. The Hall–Kier alpha value is -1.92. The number of aryl methyl sites for hydroxylation is 1. The van der Waals surface area contributed by atoms with Crippen LogP contribution in [0.15, 0.2) is 12.2 Å². The van der Waals surface area contributed by atoms with Crippen LogP contribution in [0.3, 0.4) is 0 Å². The molecule has 0 spiro atoms. The van der Waals surface area contributed by atoms with E-state index >= 15 is 0 Å². The van der Waals surface area contributed by atoms with E-state index in [1.54, 1.807) is 20.8 Å². The lowest BCUT2D eigenvalue weighted by Gasteiger charge is -2.35. The predicted molar refractivity (Wildman–Crippen MR) is 89.4 cm³/mol. The van der Waals surface area contributed by atoms with Gasteiger partial charge in [-0.1, -0.05) is 12.2 Å². The zero-order valence-corrected chi connectivity index (χ0v) is 15.2. The molecule has 0 saturated carbocycles. The van der Waals surface area contributed by atoms with E-state index < -0.39 is 17.6 Å². The Morgan fingerprint density at radius 3 is 2.72 bits per heavy atom. The number of carbonyl (C=O) groups is 1. The SMILES string of the molecule is C=C1CCn2nc3c(c2C(F)(F)C1)CN(C(=O)OC(C)(C)C)[C@H](C)C3. The molecule has 25 heavy (non-hydrogen) atoms. The second-order valence-corrected chi connectivity index (χ2v) is 8.04. The van der Waals surface area contributed by atoms with E-state index in [0.29, 0.717) is 36.2 Å². The molecule has 1 aromatic heterocycles. The third kappa shape index (κ3) is 3.41. The van der Waals surface area contributed by atoms with Gasteiger partial charge in [-0.05, 0) is 34.1 Å². The lowest BCUT2D eigenvalue weighted by Crippen LogP contribution is -2.45. The molecule has 1 atom stereocenters. The van der Waals surface area contributed by atoms with Crippen molar-refractivity contribution in [3.8, 4) is 0 Å². The van der Waals surface area contributed by atoms with Gasteiger partial charge in [-0.15, -0.1) is 0 Å². The zero-order chi connectivity index (χ0) is 18.6. The number of aromatic nitrogens is 2. The molecule has 3 heterocycles. The highest BCUT2D eigenvalue weighted by atomic mass is 19.3. The molecule has 0 fully saturated rings. The number of halogens is 2. The van der Waals surface area contributed by atoms with Crippen LogP contribution in [0.4, 0.5) is 13.6 Å². The van der Waals surface area contributed by atoms with Gasteiger partial charge in [-0.25, -0.2) is 4.79 Å². The summed E-state index contributed by atoms with van der Waals surface area (Å²) in [7, 11) is 0. The molecule has 0 aliphatic carbocycles. The topological polar surface area (TPSA) is 47.4 Å². The highest BCUT2D eigenvalue weighted by molar-refractivity contribution is 5.69. The molecule has 3 rings (SSSR count). The smallest absolute Gasteiger partial charge is 0.410 e. The predicted octanol–water partition coefficient (Wildman–Crippen LogP) is 4.01. The van der Waals surface area contributed by atoms with E-state index in [9.17, 15) is 13.6 Å². The van der Waals surface area contributed by atoms with Crippen LogP contribution in [0, 0.1) is 0 Å². The number of rotatable bonds is 0. The Labute approximate surface area is 146 Å². The van der Waals surface area contributed by atoms with E-state index in [1.165, 1.54) is 9.58 Å². The van der Waals surface area contributed by atoms with Crippen LogP contribution in [0.2, 0.25) is 0 Å². The largest absolute Gasteiger partial charge is 0.444 e. The average molecular weight is 353 g/mol. The lowest BCUT2D eigenvalue weighted by atomic mass is 9.96. The maximum Gasteiger partial charge on any atom is 0.410 e. The molecule has 2 aliphatic rings. The highest BCUT2D eigenvalue weighted by Gasteiger charge is 2.44. The fourth-order valence-electron chi connectivity index (χ4n) is 3.48. The van der Waals surface area contributed by atoms with Crippen LogP contribution >= 0.6 is 0 Å². The Bertz CT molecular complexity index is 719. The van der Waals surface area contributed by atoms with Crippen LogP contribution < -0.4 is 0 Å². The molecule has 1 amide bonds. The van der Waals surface area contributed by atoms with Crippen LogP contribution in [0.1, 0.15) is 57.5 Å². The van der Waals surface area contributed by atoms with Crippen molar-refractivity contribution >= 4 is 6.09 Å². The first-order valence-corrected chi connectivity index (χ1v) is 8.61. The van der Waals surface area contributed by atoms with Crippen LogP contribution in [-0.4, -0.2) is 32.4 Å². The van der Waals surface area contributed by atoms with E-state index in [1.807, 2.05) is 6.92 Å². The minimum atomic E-state index is -3.02. The molecule has 138 valence electrons. The normalized spacial score (nSPS) is 22.9. The minimum absolute atomic E-state index is 0.0680. The van der Waals surface area contributed by atoms with Gasteiger partial charge in [0.05, 0.1) is 12.2 Å². The van der Waals surface area contributed by atoms with E-state index in [0.717, 1.165) is 0 Å². The Kier molecular flexibility index (Phi) is 4.16. The maximum absolute atomic E-state index is 14.8.